The van der Waals surface area contributed by atoms with Crippen molar-refractivity contribution >= 4 is 6.03 Å². The van der Waals surface area contributed by atoms with Crippen LogP contribution in [-0.2, 0) is 4.74 Å². The van der Waals surface area contributed by atoms with Gasteiger partial charge in [-0.2, -0.15) is 0 Å². The largest absolute Gasteiger partial charge is 0.487 e. The van der Waals surface area contributed by atoms with Gasteiger partial charge in [-0.15, -0.1) is 0 Å². The molecule has 2 aliphatic carbocycles. The summed E-state index contributed by atoms with van der Waals surface area (Å²) >= 11 is 0. The van der Waals surface area contributed by atoms with Crippen LogP contribution >= 0.6 is 0 Å². The number of ether oxygens (including phenoxy) is 2. The zero-order chi connectivity index (χ0) is 17.3. The van der Waals surface area contributed by atoms with Crippen LogP contribution in [0.5, 0.6) is 5.75 Å². The second-order valence-corrected chi connectivity index (χ2v) is 8.00. The zero-order valence-electron chi connectivity index (χ0n) is 15.0. The van der Waals surface area contributed by atoms with Gasteiger partial charge in [-0.05, 0) is 50.0 Å². The molecule has 2 fully saturated rings. The van der Waals surface area contributed by atoms with Crippen LogP contribution in [0.25, 0.3) is 0 Å². The number of rotatable bonds is 6. The van der Waals surface area contributed by atoms with Gasteiger partial charge in [-0.3, -0.25) is 0 Å². The summed E-state index contributed by atoms with van der Waals surface area (Å²) in [5.41, 5.74) is 1.29. The third-order valence-electron chi connectivity index (χ3n) is 6.18. The maximum Gasteiger partial charge on any atom is 0.315 e. The Balaban J connectivity index is 1.37. The van der Waals surface area contributed by atoms with Crippen molar-refractivity contribution < 1.29 is 14.3 Å². The minimum absolute atomic E-state index is 0.0272. The fourth-order valence-electron chi connectivity index (χ4n) is 4.11. The Hall–Kier alpha value is -1.75. The van der Waals surface area contributed by atoms with Gasteiger partial charge in [-0.1, -0.05) is 18.2 Å². The first kappa shape index (κ1) is 16.7. The van der Waals surface area contributed by atoms with Gasteiger partial charge in [-0.25, -0.2) is 4.79 Å². The molecule has 2 saturated carbocycles. The van der Waals surface area contributed by atoms with Crippen LogP contribution in [0.2, 0.25) is 0 Å². The number of carbonyl (C=O) groups excluding carboxylic acids is 1. The van der Waals surface area contributed by atoms with E-state index in [1.807, 2.05) is 18.2 Å². The maximum atomic E-state index is 12.5. The van der Waals surface area contributed by atoms with Crippen LogP contribution in [0.15, 0.2) is 24.3 Å². The van der Waals surface area contributed by atoms with E-state index in [2.05, 4.69) is 16.7 Å². The molecule has 1 aliphatic heterocycles. The summed E-state index contributed by atoms with van der Waals surface area (Å²) in [6.45, 7) is 1.50. The highest BCUT2D eigenvalue weighted by Gasteiger charge is 2.46. The fraction of sp³-hybridized carbons (Fsp3) is 0.650. The monoisotopic (exact) mass is 344 g/mol. The summed E-state index contributed by atoms with van der Waals surface area (Å²) < 4.78 is 11.4. The Morgan fingerprint density at radius 3 is 2.76 bits per heavy atom. The van der Waals surface area contributed by atoms with E-state index in [4.69, 9.17) is 9.47 Å². The first-order valence-electron chi connectivity index (χ1n) is 9.45. The van der Waals surface area contributed by atoms with E-state index in [1.165, 1.54) is 19.3 Å². The van der Waals surface area contributed by atoms with Crippen molar-refractivity contribution in [2.45, 2.75) is 56.6 Å². The first-order valence-corrected chi connectivity index (χ1v) is 9.45. The smallest absolute Gasteiger partial charge is 0.315 e. The number of methoxy groups -OCH3 is 1. The molecule has 1 heterocycles. The quantitative estimate of drug-likeness (QED) is 0.830. The highest BCUT2D eigenvalue weighted by Crippen LogP contribution is 2.49. The number of urea groups is 1. The fourth-order valence-corrected chi connectivity index (χ4v) is 4.11. The third-order valence-corrected chi connectivity index (χ3v) is 6.18. The molecule has 5 nitrogen and oxygen atoms in total. The standard InChI is InChI=1S/C20H28N2O3/c1-24-12-11-19(9-10-19)14-21-18(23)22-16-13-20(7-4-8-20)25-17-6-3-2-5-15(16)17/h2-3,5-6,16H,4,7-14H2,1H3,(H2,21,22,23). The third kappa shape index (κ3) is 3.47. The van der Waals surface area contributed by atoms with Crippen molar-refractivity contribution in [3.05, 3.63) is 29.8 Å². The topological polar surface area (TPSA) is 59.6 Å². The normalized spacial score (nSPS) is 24.6. The lowest BCUT2D eigenvalue weighted by molar-refractivity contribution is -0.0355. The second kappa shape index (κ2) is 6.52. The number of hydrogen-bond donors (Lipinski definition) is 2. The molecule has 2 N–H and O–H groups in total. The van der Waals surface area contributed by atoms with Gasteiger partial charge in [0.2, 0.25) is 0 Å². The molecule has 1 aromatic carbocycles. The van der Waals surface area contributed by atoms with Crippen molar-refractivity contribution in [3.8, 4) is 5.75 Å². The summed E-state index contributed by atoms with van der Waals surface area (Å²) in [6, 6.07) is 8.05. The lowest BCUT2D eigenvalue weighted by Gasteiger charge is -2.48. The zero-order valence-corrected chi connectivity index (χ0v) is 15.0. The molecule has 0 radical (unpaired) electrons. The molecule has 0 aromatic heterocycles. The predicted molar refractivity (Wildman–Crippen MR) is 95.7 cm³/mol. The minimum Gasteiger partial charge on any atom is -0.487 e. The van der Waals surface area contributed by atoms with E-state index in [-0.39, 0.29) is 23.1 Å². The molecular formula is C20H28N2O3. The van der Waals surface area contributed by atoms with E-state index >= 15 is 0 Å². The number of nitrogens with one attached hydrogen (secondary N) is 2. The molecule has 1 aromatic rings. The lowest BCUT2D eigenvalue weighted by atomic mass is 9.73. The van der Waals surface area contributed by atoms with Crippen molar-refractivity contribution in [3.63, 3.8) is 0 Å². The highest BCUT2D eigenvalue weighted by molar-refractivity contribution is 5.74. The van der Waals surface area contributed by atoms with Crippen LogP contribution in [0, 0.1) is 5.41 Å². The molecular weight excluding hydrogens is 316 g/mol. The van der Waals surface area contributed by atoms with Gasteiger partial charge in [0.15, 0.2) is 0 Å². The van der Waals surface area contributed by atoms with Crippen molar-refractivity contribution in [1.82, 2.24) is 10.6 Å². The molecule has 0 saturated heterocycles. The van der Waals surface area contributed by atoms with E-state index in [0.717, 1.165) is 50.1 Å². The Bertz CT molecular complexity index is 638. The summed E-state index contributed by atoms with van der Waals surface area (Å²) in [5, 5.41) is 6.28. The Kier molecular flexibility index (Phi) is 4.36. The molecule has 4 rings (SSSR count). The molecule has 0 bridgehead atoms. The summed E-state index contributed by atoms with van der Waals surface area (Å²) in [7, 11) is 1.73. The van der Waals surface area contributed by atoms with Gasteiger partial charge in [0.1, 0.15) is 11.4 Å². The summed E-state index contributed by atoms with van der Waals surface area (Å²) in [4.78, 5) is 12.5. The van der Waals surface area contributed by atoms with Crippen LogP contribution in [0.1, 0.15) is 56.6 Å². The molecule has 1 spiro atoms. The van der Waals surface area contributed by atoms with Crippen molar-refractivity contribution in [2.24, 2.45) is 5.41 Å². The van der Waals surface area contributed by atoms with Crippen LogP contribution in [-0.4, -0.2) is 31.9 Å². The number of carbonyl (C=O) groups is 1. The Labute approximate surface area is 149 Å². The first-order chi connectivity index (χ1) is 12.1. The summed E-state index contributed by atoms with van der Waals surface area (Å²) in [6.07, 6.45) is 7.63. The Morgan fingerprint density at radius 2 is 2.08 bits per heavy atom. The van der Waals surface area contributed by atoms with Gasteiger partial charge in [0.25, 0.3) is 0 Å². The molecule has 5 heteroatoms. The second-order valence-electron chi connectivity index (χ2n) is 8.00. The van der Waals surface area contributed by atoms with Gasteiger partial charge in [0.05, 0.1) is 6.04 Å². The maximum absolute atomic E-state index is 12.5. The van der Waals surface area contributed by atoms with Gasteiger partial charge < -0.3 is 20.1 Å². The molecule has 1 unspecified atom stereocenters. The number of hydrogen-bond acceptors (Lipinski definition) is 3. The average molecular weight is 344 g/mol. The lowest BCUT2D eigenvalue weighted by Crippen LogP contribution is -2.51. The molecule has 3 aliphatic rings. The molecule has 1 atom stereocenters. The van der Waals surface area contributed by atoms with Gasteiger partial charge >= 0.3 is 6.03 Å². The van der Waals surface area contributed by atoms with Gasteiger partial charge in [0, 0.05) is 32.2 Å². The van der Waals surface area contributed by atoms with Crippen LogP contribution in [0.4, 0.5) is 4.79 Å². The number of amides is 2. The molecule has 25 heavy (non-hydrogen) atoms. The Morgan fingerprint density at radius 1 is 1.28 bits per heavy atom. The van der Waals surface area contributed by atoms with Crippen molar-refractivity contribution in [2.75, 3.05) is 20.3 Å². The number of fused-ring (bicyclic) bond motifs is 1. The van der Waals surface area contributed by atoms with E-state index in [9.17, 15) is 4.79 Å². The summed E-state index contributed by atoms with van der Waals surface area (Å²) in [5.74, 6) is 0.928. The van der Waals surface area contributed by atoms with E-state index in [0.29, 0.717) is 0 Å². The average Bonchev–Trinajstić information content (AvgIpc) is 3.37. The number of benzene rings is 1. The number of para-hydroxylation sites is 1. The molecule has 136 valence electrons. The van der Waals surface area contributed by atoms with Crippen LogP contribution in [0.3, 0.4) is 0 Å². The molecule has 2 amide bonds. The van der Waals surface area contributed by atoms with Crippen LogP contribution < -0.4 is 15.4 Å². The highest BCUT2D eigenvalue weighted by atomic mass is 16.5. The minimum atomic E-state index is -0.0696. The van der Waals surface area contributed by atoms with E-state index < -0.39 is 0 Å². The predicted octanol–water partition coefficient (Wildman–Crippen LogP) is 3.55. The van der Waals surface area contributed by atoms with Crippen molar-refractivity contribution in [1.29, 1.82) is 0 Å². The SMILES string of the molecule is COCCC1(CNC(=O)NC2CC3(CCC3)Oc3ccccc32)CC1. The van der Waals surface area contributed by atoms with E-state index in [1.54, 1.807) is 7.11 Å².